The molecule has 0 bridgehead atoms. The molecule has 0 aliphatic rings. The van der Waals surface area contributed by atoms with Crippen LogP contribution in [-0.2, 0) is 11.8 Å². The van der Waals surface area contributed by atoms with Gasteiger partial charge in [-0.05, 0) is 50.2 Å². The Morgan fingerprint density at radius 1 is 1.10 bits per heavy atom. The summed E-state index contributed by atoms with van der Waals surface area (Å²) in [6.07, 6.45) is -0.121. The Hall–Kier alpha value is -1.19. The van der Waals surface area contributed by atoms with E-state index in [0.29, 0.717) is 10.9 Å². The Morgan fingerprint density at radius 3 is 2.24 bits per heavy atom. The van der Waals surface area contributed by atoms with Gasteiger partial charge in [-0.1, -0.05) is 51.1 Å². The van der Waals surface area contributed by atoms with Crippen LogP contribution in [0.5, 0.6) is 0 Å². The molecule has 0 saturated carbocycles. The molecule has 112 valence electrons. The minimum atomic E-state index is -0.587. The summed E-state index contributed by atoms with van der Waals surface area (Å²) in [5.74, 6) is -0.289. The van der Waals surface area contributed by atoms with Gasteiger partial charge in [-0.25, -0.2) is 4.39 Å². The molecule has 1 N–H and O–H groups in total. The van der Waals surface area contributed by atoms with Crippen molar-refractivity contribution in [1.29, 1.82) is 0 Å². The van der Waals surface area contributed by atoms with Gasteiger partial charge in [-0.3, -0.25) is 0 Å². The molecule has 0 aromatic heterocycles. The summed E-state index contributed by atoms with van der Waals surface area (Å²) >= 11 is 3.17. The van der Waals surface area contributed by atoms with E-state index in [1.165, 1.54) is 11.6 Å². The first kappa shape index (κ1) is 16.2. The van der Waals surface area contributed by atoms with Gasteiger partial charge in [0.15, 0.2) is 0 Å². The van der Waals surface area contributed by atoms with Crippen molar-refractivity contribution in [3.63, 3.8) is 0 Å². The van der Waals surface area contributed by atoms with E-state index in [-0.39, 0.29) is 11.2 Å². The zero-order valence-electron chi connectivity index (χ0n) is 12.5. The highest BCUT2D eigenvalue weighted by Crippen LogP contribution is 2.26. The fourth-order valence-electron chi connectivity index (χ4n) is 2.21. The van der Waals surface area contributed by atoms with Gasteiger partial charge in [0.1, 0.15) is 5.82 Å². The third-order valence-corrected chi connectivity index (χ3v) is 4.18. The van der Waals surface area contributed by atoms with Crippen LogP contribution in [0.3, 0.4) is 0 Å². The normalized spacial score (nSPS) is 13.2. The van der Waals surface area contributed by atoms with Gasteiger partial charge < -0.3 is 5.11 Å². The van der Waals surface area contributed by atoms with Crippen molar-refractivity contribution in [2.45, 2.75) is 38.7 Å². The predicted octanol–water partition coefficient (Wildman–Crippen LogP) is 5.16. The highest BCUT2D eigenvalue weighted by atomic mass is 79.9. The van der Waals surface area contributed by atoms with Crippen LogP contribution in [0.4, 0.5) is 4.39 Å². The molecule has 0 saturated heterocycles. The van der Waals surface area contributed by atoms with Gasteiger partial charge in [0.2, 0.25) is 0 Å². The molecule has 1 atom stereocenters. The summed E-state index contributed by atoms with van der Waals surface area (Å²) in [7, 11) is 0. The first-order chi connectivity index (χ1) is 9.77. The van der Waals surface area contributed by atoms with Crippen LogP contribution in [0.2, 0.25) is 0 Å². The Balaban J connectivity index is 2.13. The van der Waals surface area contributed by atoms with Crippen molar-refractivity contribution in [1.82, 2.24) is 0 Å². The molecule has 0 aliphatic carbocycles. The molecule has 0 amide bonds. The minimum absolute atomic E-state index is 0.102. The molecule has 0 fully saturated rings. The lowest BCUT2D eigenvalue weighted by atomic mass is 9.86. The van der Waals surface area contributed by atoms with Crippen LogP contribution in [0, 0.1) is 5.82 Å². The number of hydrogen-bond acceptors (Lipinski definition) is 1. The Morgan fingerprint density at radius 2 is 1.71 bits per heavy atom. The molecule has 0 aliphatic heterocycles. The highest BCUT2D eigenvalue weighted by Gasteiger charge is 2.15. The number of benzene rings is 2. The average Bonchev–Trinajstić information content (AvgIpc) is 2.42. The topological polar surface area (TPSA) is 20.2 Å². The zero-order valence-corrected chi connectivity index (χ0v) is 14.1. The summed E-state index contributed by atoms with van der Waals surface area (Å²) in [5, 5.41) is 10.3. The van der Waals surface area contributed by atoms with Crippen molar-refractivity contribution in [2.24, 2.45) is 0 Å². The van der Waals surface area contributed by atoms with E-state index < -0.39 is 6.10 Å². The van der Waals surface area contributed by atoms with Gasteiger partial charge >= 0.3 is 0 Å². The largest absolute Gasteiger partial charge is 0.388 e. The SMILES string of the molecule is CC(C)(C)c1ccc(C(O)Cc2ccc(F)c(Br)c2)cc1. The fraction of sp³-hybridized carbons (Fsp3) is 0.333. The summed E-state index contributed by atoms with van der Waals surface area (Å²) in [5.41, 5.74) is 3.12. The zero-order chi connectivity index (χ0) is 15.6. The lowest BCUT2D eigenvalue weighted by molar-refractivity contribution is 0.178. The van der Waals surface area contributed by atoms with E-state index in [1.807, 2.05) is 12.1 Å². The van der Waals surface area contributed by atoms with Crippen LogP contribution in [0.25, 0.3) is 0 Å². The maximum atomic E-state index is 13.2. The molecule has 2 aromatic rings. The molecule has 1 nitrogen and oxygen atoms in total. The molecule has 21 heavy (non-hydrogen) atoms. The van der Waals surface area contributed by atoms with Crippen LogP contribution >= 0.6 is 15.9 Å². The molecular weight excluding hydrogens is 331 g/mol. The van der Waals surface area contributed by atoms with E-state index in [4.69, 9.17) is 0 Å². The van der Waals surface area contributed by atoms with Gasteiger partial charge in [0.25, 0.3) is 0 Å². The van der Waals surface area contributed by atoms with Crippen LogP contribution in [0.1, 0.15) is 43.6 Å². The van der Waals surface area contributed by atoms with Crippen LogP contribution < -0.4 is 0 Å². The van der Waals surface area contributed by atoms with Gasteiger partial charge in [0.05, 0.1) is 10.6 Å². The second-order valence-electron chi connectivity index (χ2n) is 6.34. The van der Waals surface area contributed by atoms with Crippen molar-refractivity contribution in [3.8, 4) is 0 Å². The van der Waals surface area contributed by atoms with Crippen molar-refractivity contribution >= 4 is 15.9 Å². The lowest BCUT2D eigenvalue weighted by Crippen LogP contribution is -2.11. The summed E-state index contributed by atoms with van der Waals surface area (Å²) < 4.78 is 13.6. The number of rotatable bonds is 3. The Bertz CT molecular complexity index is 614. The van der Waals surface area contributed by atoms with E-state index in [9.17, 15) is 9.50 Å². The third kappa shape index (κ3) is 4.14. The third-order valence-electron chi connectivity index (χ3n) is 3.57. The summed E-state index contributed by atoms with van der Waals surface area (Å²) in [6.45, 7) is 6.48. The van der Waals surface area contributed by atoms with Gasteiger partial charge in [-0.2, -0.15) is 0 Å². The quantitative estimate of drug-likeness (QED) is 0.810. The van der Waals surface area contributed by atoms with Crippen molar-refractivity contribution in [2.75, 3.05) is 0 Å². The number of aliphatic hydroxyl groups excluding tert-OH is 1. The van der Waals surface area contributed by atoms with Crippen LogP contribution in [0.15, 0.2) is 46.9 Å². The van der Waals surface area contributed by atoms with Crippen molar-refractivity contribution in [3.05, 3.63) is 69.4 Å². The maximum Gasteiger partial charge on any atom is 0.137 e. The van der Waals surface area contributed by atoms with Gasteiger partial charge in [0, 0.05) is 6.42 Å². The number of halogens is 2. The first-order valence-electron chi connectivity index (χ1n) is 7.00. The first-order valence-corrected chi connectivity index (χ1v) is 7.79. The van der Waals surface area contributed by atoms with Crippen LogP contribution in [-0.4, -0.2) is 5.11 Å². The molecular formula is C18H20BrFO. The maximum absolute atomic E-state index is 13.2. The predicted molar refractivity (Wildman–Crippen MR) is 87.9 cm³/mol. The fourth-order valence-corrected chi connectivity index (χ4v) is 2.64. The van der Waals surface area contributed by atoms with Crippen molar-refractivity contribution < 1.29 is 9.50 Å². The van der Waals surface area contributed by atoms with Gasteiger partial charge in [-0.15, -0.1) is 0 Å². The Kier molecular flexibility index (Phi) is 4.84. The van der Waals surface area contributed by atoms with E-state index >= 15 is 0 Å². The molecule has 0 radical (unpaired) electrons. The monoisotopic (exact) mass is 350 g/mol. The van der Waals surface area contributed by atoms with E-state index in [1.54, 1.807) is 12.1 Å². The molecule has 0 spiro atoms. The molecule has 3 heteroatoms. The smallest absolute Gasteiger partial charge is 0.137 e. The molecule has 2 rings (SSSR count). The standard InChI is InChI=1S/C18H20BrFO/c1-18(2,3)14-7-5-13(6-8-14)17(21)11-12-4-9-16(20)15(19)10-12/h4-10,17,21H,11H2,1-3H3. The Labute approximate surface area is 134 Å². The van der Waals surface area contributed by atoms with E-state index in [0.717, 1.165) is 11.1 Å². The molecule has 1 unspecified atom stereocenters. The summed E-state index contributed by atoms with van der Waals surface area (Å²) in [6, 6.07) is 12.9. The molecule has 0 heterocycles. The number of hydrogen-bond donors (Lipinski definition) is 1. The minimum Gasteiger partial charge on any atom is -0.388 e. The van der Waals surface area contributed by atoms with E-state index in [2.05, 4.69) is 48.8 Å². The number of aliphatic hydroxyl groups is 1. The highest BCUT2D eigenvalue weighted by molar-refractivity contribution is 9.10. The summed E-state index contributed by atoms with van der Waals surface area (Å²) in [4.78, 5) is 0. The second kappa shape index (κ2) is 6.29. The average molecular weight is 351 g/mol. The second-order valence-corrected chi connectivity index (χ2v) is 7.19. The lowest BCUT2D eigenvalue weighted by Gasteiger charge is -2.20. The molecule has 2 aromatic carbocycles.